The molecule has 1 aromatic rings. The van der Waals surface area contributed by atoms with Crippen molar-refractivity contribution >= 4 is 11.7 Å². The summed E-state index contributed by atoms with van der Waals surface area (Å²) >= 11 is 0. The van der Waals surface area contributed by atoms with Gasteiger partial charge in [-0.1, -0.05) is 6.07 Å². The van der Waals surface area contributed by atoms with E-state index >= 15 is 0 Å². The van der Waals surface area contributed by atoms with Crippen LogP contribution in [0.1, 0.15) is 25.8 Å². The van der Waals surface area contributed by atoms with Gasteiger partial charge >= 0.3 is 0 Å². The van der Waals surface area contributed by atoms with Crippen LogP contribution in [0, 0.1) is 0 Å². The summed E-state index contributed by atoms with van der Waals surface area (Å²) in [7, 11) is 0. The summed E-state index contributed by atoms with van der Waals surface area (Å²) in [6.07, 6.45) is 2.95. The lowest BCUT2D eigenvalue weighted by Crippen LogP contribution is -2.35. The van der Waals surface area contributed by atoms with Gasteiger partial charge in [0.1, 0.15) is 5.82 Å². The predicted octanol–water partition coefficient (Wildman–Crippen LogP) is 1.22. The molecule has 0 aliphatic carbocycles. The van der Waals surface area contributed by atoms with Crippen molar-refractivity contribution in [1.29, 1.82) is 0 Å². The van der Waals surface area contributed by atoms with E-state index in [4.69, 9.17) is 0 Å². The van der Waals surface area contributed by atoms with Crippen molar-refractivity contribution in [2.75, 3.05) is 25.0 Å². The fourth-order valence-electron chi connectivity index (χ4n) is 2.44. The van der Waals surface area contributed by atoms with Gasteiger partial charge < -0.3 is 10.6 Å². The molecule has 104 valence electrons. The van der Waals surface area contributed by atoms with Gasteiger partial charge in [-0.15, -0.1) is 0 Å². The zero-order chi connectivity index (χ0) is 13.7. The lowest BCUT2D eigenvalue weighted by molar-refractivity contribution is -0.119. The summed E-state index contributed by atoms with van der Waals surface area (Å²) < 4.78 is 0. The maximum absolute atomic E-state index is 11.0. The van der Waals surface area contributed by atoms with E-state index < -0.39 is 0 Å². The Kier molecular flexibility index (Phi) is 4.74. The molecule has 1 saturated heterocycles. The molecule has 19 heavy (non-hydrogen) atoms. The smallest absolute Gasteiger partial charge is 0.217 e. The van der Waals surface area contributed by atoms with Crippen molar-refractivity contribution in [2.24, 2.45) is 0 Å². The fourth-order valence-corrected chi connectivity index (χ4v) is 2.44. The standard InChI is InChI=1S/C14H22N4O/c1-3-15-14-5-4-12(8-16-14)9-18-7-6-13(10-18)17-11(2)19/h4-5,8,13H,3,6-7,9-10H2,1-2H3,(H,15,16)(H,17,19). The minimum Gasteiger partial charge on any atom is -0.370 e. The first-order valence-electron chi connectivity index (χ1n) is 6.85. The van der Waals surface area contributed by atoms with Crippen LogP contribution < -0.4 is 10.6 Å². The number of nitrogens with one attached hydrogen (secondary N) is 2. The van der Waals surface area contributed by atoms with Crippen LogP contribution >= 0.6 is 0 Å². The second kappa shape index (κ2) is 6.52. The number of anilines is 1. The molecule has 0 aromatic carbocycles. The van der Waals surface area contributed by atoms with Crippen LogP contribution in [0.25, 0.3) is 0 Å². The third kappa shape index (κ3) is 4.21. The van der Waals surface area contributed by atoms with Crippen LogP contribution in [-0.4, -0.2) is 41.5 Å². The molecule has 0 saturated carbocycles. The van der Waals surface area contributed by atoms with Crippen LogP contribution in [0.3, 0.4) is 0 Å². The first kappa shape index (κ1) is 13.8. The molecule has 1 aliphatic rings. The first-order chi connectivity index (χ1) is 9.17. The average molecular weight is 262 g/mol. The van der Waals surface area contributed by atoms with Crippen molar-refractivity contribution < 1.29 is 4.79 Å². The number of carbonyl (C=O) groups is 1. The van der Waals surface area contributed by atoms with Crippen LogP contribution in [-0.2, 0) is 11.3 Å². The summed E-state index contributed by atoms with van der Waals surface area (Å²) in [6, 6.07) is 4.42. The Balaban J connectivity index is 1.83. The number of amides is 1. The Bertz CT molecular complexity index is 418. The molecule has 2 rings (SSSR count). The Hall–Kier alpha value is -1.62. The van der Waals surface area contributed by atoms with Crippen molar-refractivity contribution in [2.45, 2.75) is 32.9 Å². The van der Waals surface area contributed by atoms with Gasteiger partial charge in [-0.25, -0.2) is 4.98 Å². The number of carbonyl (C=O) groups excluding carboxylic acids is 1. The summed E-state index contributed by atoms with van der Waals surface area (Å²) in [5, 5.41) is 6.16. The summed E-state index contributed by atoms with van der Waals surface area (Å²) in [4.78, 5) is 17.7. The molecule has 2 heterocycles. The van der Waals surface area contributed by atoms with E-state index in [1.165, 1.54) is 5.56 Å². The lowest BCUT2D eigenvalue weighted by atomic mass is 10.2. The van der Waals surface area contributed by atoms with Gasteiger partial charge in [-0.05, 0) is 25.0 Å². The minimum atomic E-state index is 0.0588. The SMILES string of the molecule is CCNc1ccc(CN2CCC(NC(C)=O)C2)cn1. The number of likely N-dealkylation sites (tertiary alicyclic amines) is 1. The van der Waals surface area contributed by atoms with Gasteiger partial charge in [0.2, 0.25) is 5.91 Å². The van der Waals surface area contributed by atoms with Crippen LogP contribution in [0.2, 0.25) is 0 Å². The molecule has 1 aromatic heterocycles. The predicted molar refractivity (Wildman–Crippen MR) is 75.9 cm³/mol. The largest absolute Gasteiger partial charge is 0.370 e. The summed E-state index contributed by atoms with van der Waals surface area (Å²) in [6.45, 7) is 7.37. The zero-order valence-electron chi connectivity index (χ0n) is 11.6. The Morgan fingerprint density at radius 1 is 1.53 bits per heavy atom. The number of hydrogen-bond acceptors (Lipinski definition) is 4. The number of aromatic nitrogens is 1. The number of pyridine rings is 1. The molecular formula is C14H22N4O. The van der Waals surface area contributed by atoms with Gasteiger partial charge in [0, 0.05) is 45.3 Å². The summed E-state index contributed by atoms with van der Waals surface area (Å²) in [5.41, 5.74) is 1.21. The van der Waals surface area contributed by atoms with E-state index in [0.29, 0.717) is 6.04 Å². The lowest BCUT2D eigenvalue weighted by Gasteiger charge is -2.16. The van der Waals surface area contributed by atoms with E-state index in [-0.39, 0.29) is 5.91 Å². The van der Waals surface area contributed by atoms with E-state index in [2.05, 4.69) is 33.5 Å². The molecule has 0 spiro atoms. The molecule has 1 aliphatic heterocycles. The number of nitrogens with zero attached hydrogens (tertiary/aromatic N) is 2. The molecule has 2 N–H and O–H groups in total. The van der Waals surface area contributed by atoms with Crippen molar-refractivity contribution in [1.82, 2.24) is 15.2 Å². The Labute approximate surface area is 114 Å². The third-order valence-electron chi connectivity index (χ3n) is 3.27. The number of hydrogen-bond donors (Lipinski definition) is 2. The zero-order valence-corrected chi connectivity index (χ0v) is 11.6. The highest BCUT2D eigenvalue weighted by atomic mass is 16.1. The quantitative estimate of drug-likeness (QED) is 0.838. The second-order valence-corrected chi connectivity index (χ2v) is 5.00. The van der Waals surface area contributed by atoms with E-state index in [1.807, 2.05) is 12.3 Å². The van der Waals surface area contributed by atoms with Gasteiger partial charge in [0.15, 0.2) is 0 Å². The van der Waals surface area contributed by atoms with E-state index in [1.54, 1.807) is 6.92 Å². The topological polar surface area (TPSA) is 57.3 Å². The van der Waals surface area contributed by atoms with Gasteiger partial charge in [-0.3, -0.25) is 9.69 Å². The average Bonchev–Trinajstić information content (AvgIpc) is 2.78. The summed E-state index contributed by atoms with van der Waals surface area (Å²) in [5.74, 6) is 0.979. The number of rotatable bonds is 5. The van der Waals surface area contributed by atoms with Crippen molar-refractivity contribution in [3.8, 4) is 0 Å². The van der Waals surface area contributed by atoms with Crippen LogP contribution in [0.4, 0.5) is 5.82 Å². The molecule has 1 fully saturated rings. The van der Waals surface area contributed by atoms with Crippen LogP contribution in [0.5, 0.6) is 0 Å². The Morgan fingerprint density at radius 3 is 3.00 bits per heavy atom. The highest BCUT2D eigenvalue weighted by molar-refractivity contribution is 5.73. The monoisotopic (exact) mass is 262 g/mol. The minimum absolute atomic E-state index is 0.0588. The van der Waals surface area contributed by atoms with E-state index in [0.717, 1.165) is 38.4 Å². The van der Waals surface area contributed by atoms with Crippen molar-refractivity contribution in [3.63, 3.8) is 0 Å². The Morgan fingerprint density at radius 2 is 2.37 bits per heavy atom. The molecule has 5 heteroatoms. The highest BCUT2D eigenvalue weighted by Crippen LogP contribution is 2.14. The van der Waals surface area contributed by atoms with Crippen LogP contribution in [0.15, 0.2) is 18.3 Å². The molecule has 0 radical (unpaired) electrons. The van der Waals surface area contributed by atoms with Gasteiger partial charge in [-0.2, -0.15) is 0 Å². The molecule has 5 nitrogen and oxygen atoms in total. The molecular weight excluding hydrogens is 240 g/mol. The van der Waals surface area contributed by atoms with Crippen molar-refractivity contribution in [3.05, 3.63) is 23.9 Å². The first-order valence-corrected chi connectivity index (χ1v) is 6.85. The molecule has 1 atom stereocenters. The highest BCUT2D eigenvalue weighted by Gasteiger charge is 2.22. The normalized spacial score (nSPS) is 19.4. The second-order valence-electron chi connectivity index (χ2n) is 5.00. The third-order valence-corrected chi connectivity index (χ3v) is 3.27. The molecule has 0 bridgehead atoms. The van der Waals surface area contributed by atoms with Gasteiger partial charge in [0.25, 0.3) is 0 Å². The molecule has 1 unspecified atom stereocenters. The van der Waals surface area contributed by atoms with E-state index in [9.17, 15) is 4.79 Å². The molecule has 1 amide bonds. The maximum atomic E-state index is 11.0. The van der Waals surface area contributed by atoms with Gasteiger partial charge in [0.05, 0.1) is 0 Å². The fraction of sp³-hybridized carbons (Fsp3) is 0.571. The maximum Gasteiger partial charge on any atom is 0.217 e.